The summed E-state index contributed by atoms with van der Waals surface area (Å²) in [7, 11) is 0. The Balaban J connectivity index is 2.61. The minimum atomic E-state index is -4.52. The molecule has 0 fully saturated rings. The number of alkyl halides is 3. The minimum absolute atomic E-state index is 0.0738. The smallest absolute Gasteiger partial charge is 0.397 e. The number of nitrogen functional groups attached to an aromatic ring is 1. The van der Waals surface area contributed by atoms with Crippen LogP contribution in [0.25, 0.3) is 11.3 Å². The number of benzene rings is 1. The van der Waals surface area contributed by atoms with Gasteiger partial charge in [-0.05, 0) is 18.2 Å². The highest BCUT2D eigenvalue weighted by molar-refractivity contribution is 6.41. The van der Waals surface area contributed by atoms with Crippen LogP contribution in [0.2, 0.25) is 15.1 Å². The lowest BCUT2D eigenvalue weighted by molar-refractivity contribution is -0.137. The highest BCUT2D eigenvalue weighted by atomic mass is 35.5. The van der Waals surface area contributed by atoms with Crippen LogP contribution in [0.4, 0.5) is 18.9 Å². The van der Waals surface area contributed by atoms with E-state index in [0.717, 1.165) is 6.07 Å². The SMILES string of the molecule is Nc1cc(C(F)(F)F)cnc1-c1c(Cl)cc(Cl)cc1Cl. The van der Waals surface area contributed by atoms with Gasteiger partial charge in [0.25, 0.3) is 0 Å². The molecule has 1 aromatic heterocycles. The lowest BCUT2D eigenvalue weighted by atomic mass is 10.1. The molecule has 0 radical (unpaired) electrons. The largest absolute Gasteiger partial charge is 0.417 e. The molecule has 0 saturated carbocycles. The molecule has 1 heterocycles. The molecule has 2 aromatic rings. The van der Waals surface area contributed by atoms with Crippen molar-refractivity contribution in [3.05, 3.63) is 45.0 Å². The van der Waals surface area contributed by atoms with E-state index < -0.39 is 11.7 Å². The van der Waals surface area contributed by atoms with Crippen molar-refractivity contribution in [1.82, 2.24) is 4.98 Å². The third kappa shape index (κ3) is 2.95. The molecule has 2 nitrogen and oxygen atoms in total. The number of anilines is 1. The summed E-state index contributed by atoms with van der Waals surface area (Å²) in [6.07, 6.45) is -3.85. The van der Waals surface area contributed by atoms with Crippen molar-refractivity contribution in [2.24, 2.45) is 0 Å². The molecule has 106 valence electrons. The maximum Gasteiger partial charge on any atom is 0.417 e. The predicted molar refractivity (Wildman–Crippen MR) is 74.1 cm³/mol. The first-order valence-electron chi connectivity index (χ1n) is 5.18. The van der Waals surface area contributed by atoms with Crippen LogP contribution in [0, 0.1) is 0 Å². The van der Waals surface area contributed by atoms with E-state index in [9.17, 15) is 13.2 Å². The second kappa shape index (κ2) is 5.31. The number of halogens is 6. The summed E-state index contributed by atoms with van der Waals surface area (Å²) in [5.74, 6) is 0. The molecule has 0 amide bonds. The zero-order valence-electron chi connectivity index (χ0n) is 9.60. The fraction of sp³-hybridized carbons (Fsp3) is 0.0833. The van der Waals surface area contributed by atoms with E-state index in [4.69, 9.17) is 40.5 Å². The Hall–Kier alpha value is -1.17. The molecule has 0 aliphatic rings. The first-order chi connectivity index (χ1) is 9.20. The van der Waals surface area contributed by atoms with Crippen molar-refractivity contribution in [1.29, 1.82) is 0 Å². The van der Waals surface area contributed by atoms with Crippen LogP contribution in [0.15, 0.2) is 24.4 Å². The highest BCUT2D eigenvalue weighted by Gasteiger charge is 2.31. The van der Waals surface area contributed by atoms with E-state index >= 15 is 0 Å². The van der Waals surface area contributed by atoms with E-state index in [0.29, 0.717) is 11.2 Å². The Morgan fingerprint density at radius 1 is 1.00 bits per heavy atom. The molecule has 0 saturated heterocycles. The van der Waals surface area contributed by atoms with Gasteiger partial charge >= 0.3 is 6.18 Å². The highest BCUT2D eigenvalue weighted by Crippen LogP contribution is 2.40. The zero-order chi connectivity index (χ0) is 15.1. The van der Waals surface area contributed by atoms with E-state index in [-0.39, 0.29) is 27.0 Å². The second-order valence-corrected chi connectivity index (χ2v) is 5.15. The lowest BCUT2D eigenvalue weighted by Crippen LogP contribution is -2.07. The molecule has 20 heavy (non-hydrogen) atoms. The van der Waals surface area contributed by atoms with Crippen molar-refractivity contribution in [3.63, 3.8) is 0 Å². The van der Waals surface area contributed by atoms with Gasteiger partial charge in [-0.25, -0.2) is 0 Å². The fourth-order valence-corrected chi connectivity index (χ4v) is 2.61. The van der Waals surface area contributed by atoms with Crippen molar-refractivity contribution in [2.75, 3.05) is 5.73 Å². The van der Waals surface area contributed by atoms with Gasteiger partial charge in [0, 0.05) is 16.8 Å². The van der Waals surface area contributed by atoms with E-state index in [1.54, 1.807) is 0 Å². The Bertz CT molecular complexity index is 648. The van der Waals surface area contributed by atoms with Gasteiger partial charge in [-0.1, -0.05) is 34.8 Å². The molecule has 0 atom stereocenters. The first-order valence-corrected chi connectivity index (χ1v) is 6.31. The third-order valence-electron chi connectivity index (χ3n) is 2.49. The molecular weight excluding hydrogens is 335 g/mol. The number of nitrogens with zero attached hydrogens (tertiary/aromatic N) is 1. The van der Waals surface area contributed by atoms with Crippen LogP contribution in [-0.2, 0) is 6.18 Å². The van der Waals surface area contributed by atoms with Crippen LogP contribution in [-0.4, -0.2) is 4.98 Å². The van der Waals surface area contributed by atoms with Gasteiger partial charge in [-0.15, -0.1) is 0 Å². The summed E-state index contributed by atoms with van der Waals surface area (Å²) >= 11 is 17.7. The minimum Gasteiger partial charge on any atom is -0.397 e. The average molecular weight is 342 g/mol. The van der Waals surface area contributed by atoms with Gasteiger partial charge in [0.1, 0.15) is 0 Å². The number of rotatable bonds is 1. The Kier molecular flexibility index (Phi) is 4.04. The van der Waals surface area contributed by atoms with Gasteiger partial charge < -0.3 is 5.73 Å². The molecule has 0 unspecified atom stereocenters. The van der Waals surface area contributed by atoms with Gasteiger partial charge in [0.05, 0.1) is 27.0 Å². The molecule has 8 heteroatoms. The number of hydrogen-bond acceptors (Lipinski definition) is 2. The molecule has 2 rings (SSSR count). The van der Waals surface area contributed by atoms with Crippen molar-refractivity contribution in [2.45, 2.75) is 6.18 Å². The van der Waals surface area contributed by atoms with Crippen molar-refractivity contribution < 1.29 is 13.2 Å². The van der Waals surface area contributed by atoms with E-state index in [1.165, 1.54) is 12.1 Å². The summed E-state index contributed by atoms with van der Waals surface area (Å²) in [4.78, 5) is 3.71. The molecule has 0 aliphatic heterocycles. The number of nitrogens with two attached hydrogens (primary N) is 1. The summed E-state index contributed by atoms with van der Waals surface area (Å²) < 4.78 is 37.6. The van der Waals surface area contributed by atoms with Gasteiger partial charge in [0.15, 0.2) is 0 Å². The van der Waals surface area contributed by atoms with Crippen LogP contribution >= 0.6 is 34.8 Å². The van der Waals surface area contributed by atoms with Crippen LogP contribution < -0.4 is 5.73 Å². The number of pyridine rings is 1. The predicted octanol–water partition coefficient (Wildman–Crippen LogP) is 5.31. The molecule has 0 aliphatic carbocycles. The monoisotopic (exact) mass is 340 g/mol. The average Bonchev–Trinajstić information content (AvgIpc) is 2.28. The topological polar surface area (TPSA) is 38.9 Å². The quantitative estimate of drug-likeness (QED) is 0.763. The van der Waals surface area contributed by atoms with Gasteiger partial charge in [-0.3, -0.25) is 4.98 Å². The van der Waals surface area contributed by atoms with E-state index in [2.05, 4.69) is 4.98 Å². The first kappa shape index (κ1) is 15.2. The normalized spacial score (nSPS) is 11.7. The summed E-state index contributed by atoms with van der Waals surface area (Å²) in [6.45, 7) is 0. The number of aromatic nitrogens is 1. The summed E-state index contributed by atoms with van der Waals surface area (Å²) in [5.41, 5.74) is 4.81. The third-order valence-corrected chi connectivity index (χ3v) is 3.30. The molecule has 2 N–H and O–H groups in total. The van der Waals surface area contributed by atoms with Gasteiger partial charge in [-0.2, -0.15) is 13.2 Å². The lowest BCUT2D eigenvalue weighted by Gasteiger charge is -2.12. The maximum absolute atomic E-state index is 12.5. The summed E-state index contributed by atoms with van der Waals surface area (Å²) in [5, 5.41) is 0.608. The maximum atomic E-state index is 12.5. The molecule has 0 spiro atoms. The van der Waals surface area contributed by atoms with Crippen molar-refractivity contribution in [3.8, 4) is 11.3 Å². The summed E-state index contributed by atoms with van der Waals surface area (Å²) in [6, 6.07) is 3.59. The molecule has 1 aromatic carbocycles. The van der Waals surface area contributed by atoms with Crippen LogP contribution in [0.1, 0.15) is 5.56 Å². The van der Waals surface area contributed by atoms with E-state index in [1.807, 2.05) is 0 Å². The second-order valence-electron chi connectivity index (χ2n) is 3.90. The number of hydrogen-bond donors (Lipinski definition) is 1. The Morgan fingerprint density at radius 2 is 1.55 bits per heavy atom. The zero-order valence-corrected chi connectivity index (χ0v) is 11.9. The Labute approximate surface area is 127 Å². The Morgan fingerprint density at radius 3 is 2.00 bits per heavy atom. The van der Waals surface area contributed by atoms with Gasteiger partial charge in [0.2, 0.25) is 0 Å². The molecule has 0 bridgehead atoms. The van der Waals surface area contributed by atoms with Crippen LogP contribution in [0.5, 0.6) is 0 Å². The molecular formula is C12H6Cl3F3N2. The fourth-order valence-electron chi connectivity index (χ4n) is 1.61. The van der Waals surface area contributed by atoms with Crippen LogP contribution in [0.3, 0.4) is 0 Å². The standard InChI is InChI=1S/C12H6Cl3F3N2/c13-6-2-7(14)10(8(15)3-6)11-9(19)1-5(4-20-11)12(16,17)18/h1-4H,19H2. The van der Waals surface area contributed by atoms with Crippen molar-refractivity contribution >= 4 is 40.5 Å².